The van der Waals surface area contributed by atoms with E-state index in [4.69, 9.17) is 4.74 Å². The highest BCUT2D eigenvalue weighted by atomic mass is 79.9. The van der Waals surface area contributed by atoms with Gasteiger partial charge in [-0.3, -0.25) is 4.79 Å². The Kier molecular flexibility index (Phi) is 6.05. The first-order valence-electron chi connectivity index (χ1n) is 5.72. The summed E-state index contributed by atoms with van der Waals surface area (Å²) in [4.78, 5) is 11.1. The second-order valence-electron chi connectivity index (χ2n) is 3.86. The average molecular weight is 300 g/mol. The molecule has 0 saturated heterocycles. The largest absolute Gasteiger partial charge is 0.493 e. The van der Waals surface area contributed by atoms with Crippen molar-refractivity contribution in [2.75, 3.05) is 11.9 Å². The van der Waals surface area contributed by atoms with Crippen molar-refractivity contribution in [1.29, 1.82) is 0 Å². The molecule has 0 atom stereocenters. The van der Waals surface area contributed by atoms with Gasteiger partial charge in [-0.15, -0.1) is 0 Å². The summed E-state index contributed by atoms with van der Waals surface area (Å²) < 4.78 is 5.59. The summed E-state index contributed by atoms with van der Waals surface area (Å²) in [6.45, 7) is 5.39. The highest BCUT2D eigenvalue weighted by Gasteiger charge is 2.02. The van der Waals surface area contributed by atoms with E-state index >= 15 is 0 Å². The molecule has 0 aromatic heterocycles. The summed E-state index contributed by atoms with van der Waals surface area (Å²) in [7, 11) is 0. The predicted molar refractivity (Wildman–Crippen MR) is 72.6 cm³/mol. The molecule has 1 rings (SSSR count). The van der Waals surface area contributed by atoms with Crippen LogP contribution in [0.15, 0.2) is 18.2 Å². The molecule has 0 aliphatic rings. The number of halogens is 1. The fraction of sp³-hybridized carbons (Fsp3) is 0.462. The minimum atomic E-state index is -0.00559. The van der Waals surface area contributed by atoms with Crippen LogP contribution in [0.1, 0.15) is 24.5 Å². The Balaban J connectivity index is 2.58. The normalized spacial score (nSPS) is 10.1. The molecule has 0 aliphatic heterocycles. The third-order valence-electron chi connectivity index (χ3n) is 2.31. The minimum absolute atomic E-state index is 0.00559. The van der Waals surface area contributed by atoms with Gasteiger partial charge in [-0.05, 0) is 30.5 Å². The lowest BCUT2D eigenvalue weighted by molar-refractivity contribution is -0.118. The lowest BCUT2D eigenvalue weighted by Gasteiger charge is -2.10. The first kappa shape index (κ1) is 14.0. The van der Waals surface area contributed by atoms with Crippen LogP contribution in [0.4, 0.5) is 0 Å². The number of carbonyl (C=O) groups excluding carboxylic acids is 1. The van der Waals surface area contributed by atoms with E-state index in [1.54, 1.807) is 0 Å². The fourth-order valence-corrected chi connectivity index (χ4v) is 1.64. The number of nitrogens with one attached hydrogen (secondary N) is 1. The van der Waals surface area contributed by atoms with Gasteiger partial charge in [0.05, 0.1) is 11.9 Å². The van der Waals surface area contributed by atoms with E-state index in [1.165, 1.54) is 0 Å². The van der Waals surface area contributed by atoms with Crippen LogP contribution in [0, 0.1) is 6.92 Å². The third-order valence-corrected chi connectivity index (χ3v) is 2.82. The molecule has 4 heteroatoms. The quantitative estimate of drug-likeness (QED) is 0.820. The molecule has 0 saturated carbocycles. The number of benzene rings is 1. The Morgan fingerprint density at radius 1 is 1.47 bits per heavy atom. The number of hydrogen-bond acceptors (Lipinski definition) is 2. The van der Waals surface area contributed by atoms with Crippen LogP contribution in [0.25, 0.3) is 0 Å². The van der Waals surface area contributed by atoms with E-state index in [0.717, 1.165) is 29.9 Å². The third kappa shape index (κ3) is 4.77. The summed E-state index contributed by atoms with van der Waals surface area (Å²) in [5.74, 6) is 0.913. The minimum Gasteiger partial charge on any atom is -0.493 e. The summed E-state index contributed by atoms with van der Waals surface area (Å²) in [6.07, 6.45) is 1.00. The van der Waals surface area contributed by atoms with Crippen LogP contribution in [0.3, 0.4) is 0 Å². The van der Waals surface area contributed by atoms with Gasteiger partial charge in [-0.2, -0.15) is 0 Å². The molecule has 0 unspecified atom stereocenters. The van der Waals surface area contributed by atoms with Crippen molar-refractivity contribution in [3.8, 4) is 5.75 Å². The Labute approximate surface area is 111 Å². The fourth-order valence-electron chi connectivity index (χ4n) is 1.44. The van der Waals surface area contributed by atoms with E-state index in [1.807, 2.05) is 25.1 Å². The number of carbonyl (C=O) groups is 1. The zero-order valence-electron chi connectivity index (χ0n) is 10.3. The monoisotopic (exact) mass is 299 g/mol. The van der Waals surface area contributed by atoms with Crippen molar-refractivity contribution in [3.05, 3.63) is 29.3 Å². The van der Waals surface area contributed by atoms with E-state index in [2.05, 4.69) is 28.2 Å². The summed E-state index contributed by atoms with van der Waals surface area (Å²) in [6, 6.07) is 5.98. The number of alkyl halides is 1. The van der Waals surface area contributed by atoms with Crippen LogP contribution in [0.5, 0.6) is 5.75 Å². The van der Waals surface area contributed by atoms with Gasteiger partial charge < -0.3 is 10.1 Å². The molecule has 0 radical (unpaired) electrons. The zero-order chi connectivity index (χ0) is 12.7. The van der Waals surface area contributed by atoms with Gasteiger partial charge in [0.25, 0.3) is 0 Å². The van der Waals surface area contributed by atoms with Crippen LogP contribution >= 0.6 is 15.9 Å². The molecule has 94 valence electrons. The zero-order valence-corrected chi connectivity index (χ0v) is 11.8. The highest BCUT2D eigenvalue weighted by Crippen LogP contribution is 2.19. The smallest absolute Gasteiger partial charge is 0.230 e. The molecular formula is C13H18BrNO2. The molecular weight excluding hydrogens is 282 g/mol. The molecule has 0 aliphatic carbocycles. The molecule has 17 heavy (non-hydrogen) atoms. The van der Waals surface area contributed by atoms with Crippen LogP contribution in [0.2, 0.25) is 0 Å². The van der Waals surface area contributed by atoms with E-state index in [0.29, 0.717) is 11.9 Å². The van der Waals surface area contributed by atoms with Crippen molar-refractivity contribution in [3.63, 3.8) is 0 Å². The van der Waals surface area contributed by atoms with E-state index < -0.39 is 0 Å². The second-order valence-corrected chi connectivity index (χ2v) is 4.42. The van der Waals surface area contributed by atoms with Crippen molar-refractivity contribution in [1.82, 2.24) is 5.32 Å². The van der Waals surface area contributed by atoms with Gasteiger partial charge in [-0.25, -0.2) is 0 Å². The highest BCUT2D eigenvalue weighted by molar-refractivity contribution is 9.09. The van der Waals surface area contributed by atoms with Gasteiger partial charge >= 0.3 is 0 Å². The first-order valence-corrected chi connectivity index (χ1v) is 6.84. The standard InChI is InChI=1S/C13H18BrNO2/c1-3-6-17-12-5-4-11(7-10(12)2)9-15-13(16)8-14/h4-5,7H,3,6,8-9H2,1-2H3,(H,15,16). The number of aryl methyl sites for hydroxylation is 1. The molecule has 1 amide bonds. The maximum atomic E-state index is 11.1. The van der Waals surface area contributed by atoms with Crippen molar-refractivity contribution < 1.29 is 9.53 Å². The predicted octanol–water partition coefficient (Wildman–Crippen LogP) is 2.79. The Hall–Kier alpha value is -1.03. The SMILES string of the molecule is CCCOc1ccc(CNC(=O)CBr)cc1C. The summed E-state index contributed by atoms with van der Waals surface area (Å²) >= 11 is 3.11. The molecule has 1 aromatic rings. The molecule has 1 aromatic carbocycles. The van der Waals surface area contributed by atoms with E-state index in [9.17, 15) is 4.79 Å². The van der Waals surface area contributed by atoms with Crippen molar-refractivity contribution in [2.45, 2.75) is 26.8 Å². The number of rotatable bonds is 6. The first-order chi connectivity index (χ1) is 8.17. The maximum absolute atomic E-state index is 11.1. The molecule has 0 spiro atoms. The second kappa shape index (κ2) is 7.33. The summed E-state index contributed by atoms with van der Waals surface area (Å²) in [5, 5.41) is 3.15. The van der Waals surface area contributed by atoms with Crippen molar-refractivity contribution in [2.24, 2.45) is 0 Å². The molecule has 1 N–H and O–H groups in total. The van der Waals surface area contributed by atoms with Gasteiger partial charge in [-0.1, -0.05) is 35.0 Å². The van der Waals surface area contributed by atoms with Crippen LogP contribution in [-0.4, -0.2) is 17.8 Å². The van der Waals surface area contributed by atoms with Gasteiger partial charge in [0.2, 0.25) is 5.91 Å². The molecule has 0 heterocycles. The molecule has 3 nitrogen and oxygen atoms in total. The van der Waals surface area contributed by atoms with E-state index in [-0.39, 0.29) is 5.91 Å². The molecule has 0 bridgehead atoms. The van der Waals surface area contributed by atoms with Gasteiger partial charge in [0.1, 0.15) is 5.75 Å². The number of amides is 1. The lowest BCUT2D eigenvalue weighted by Crippen LogP contribution is -2.23. The summed E-state index contributed by atoms with van der Waals surface area (Å²) in [5.41, 5.74) is 2.18. The van der Waals surface area contributed by atoms with Crippen molar-refractivity contribution >= 4 is 21.8 Å². The van der Waals surface area contributed by atoms with Crippen LogP contribution < -0.4 is 10.1 Å². The molecule has 0 fully saturated rings. The maximum Gasteiger partial charge on any atom is 0.230 e. The average Bonchev–Trinajstić information content (AvgIpc) is 2.34. The Morgan fingerprint density at radius 2 is 2.24 bits per heavy atom. The Bertz CT molecular complexity index is 380. The topological polar surface area (TPSA) is 38.3 Å². The Morgan fingerprint density at radius 3 is 2.82 bits per heavy atom. The van der Waals surface area contributed by atoms with Crippen LogP contribution in [-0.2, 0) is 11.3 Å². The number of hydrogen-bond donors (Lipinski definition) is 1. The number of ether oxygens (including phenoxy) is 1. The lowest BCUT2D eigenvalue weighted by atomic mass is 10.1. The van der Waals surface area contributed by atoms with Gasteiger partial charge in [0, 0.05) is 6.54 Å². The van der Waals surface area contributed by atoms with Gasteiger partial charge in [0.15, 0.2) is 0 Å².